The summed E-state index contributed by atoms with van der Waals surface area (Å²) >= 11 is 1.60. The normalized spacial score (nSPS) is 25.2. The van der Waals surface area contributed by atoms with Gasteiger partial charge in [0, 0.05) is 18.4 Å². The van der Waals surface area contributed by atoms with Gasteiger partial charge in [0.25, 0.3) is 0 Å². The van der Waals surface area contributed by atoms with Crippen molar-refractivity contribution >= 4 is 17.7 Å². The number of fused-ring (bicyclic) bond motifs is 1. The monoisotopic (exact) mass is 371 g/mol. The first-order valence-corrected chi connectivity index (χ1v) is 10.2. The molecule has 1 saturated carbocycles. The minimum Gasteiger partial charge on any atom is -0.292 e. The van der Waals surface area contributed by atoms with Gasteiger partial charge in [0.2, 0.25) is 5.91 Å². The summed E-state index contributed by atoms with van der Waals surface area (Å²) in [6.07, 6.45) is 6.51. The molecule has 2 fully saturated rings. The Hall–Kier alpha value is -1.84. The average molecular weight is 371 g/mol. The lowest BCUT2D eigenvalue weighted by Crippen LogP contribution is -2.51. The van der Waals surface area contributed by atoms with Crippen LogP contribution in [0.15, 0.2) is 34.9 Å². The Morgan fingerprint density at radius 1 is 1.15 bits per heavy atom. The number of carbonyl (C=O) groups excluding carboxylic acids is 1. The molecule has 2 aliphatic heterocycles. The van der Waals surface area contributed by atoms with E-state index in [0.717, 1.165) is 16.5 Å². The molecule has 1 atom stereocenters. The van der Waals surface area contributed by atoms with E-state index in [1.165, 1.54) is 44.2 Å². The van der Waals surface area contributed by atoms with Gasteiger partial charge in [0.15, 0.2) is 0 Å². The maximum Gasteiger partial charge on any atom is 0.229 e. The molecule has 0 radical (unpaired) electrons. The number of thioether (sulfide) groups is 1. The Balaban J connectivity index is 1.60. The highest BCUT2D eigenvalue weighted by Gasteiger charge is 2.39. The quantitative estimate of drug-likeness (QED) is 0.783. The molecule has 1 aromatic rings. The molecule has 3 aliphatic rings. The van der Waals surface area contributed by atoms with Crippen LogP contribution in [0.5, 0.6) is 0 Å². The number of nitrogens with zero attached hydrogens (tertiary/aromatic N) is 3. The van der Waals surface area contributed by atoms with Crippen molar-refractivity contribution < 1.29 is 9.18 Å². The zero-order valence-electron chi connectivity index (χ0n) is 14.7. The lowest BCUT2D eigenvalue weighted by Gasteiger charge is -2.44. The Bertz CT molecular complexity index is 764. The van der Waals surface area contributed by atoms with Gasteiger partial charge in [-0.05, 0) is 30.5 Å². The van der Waals surface area contributed by atoms with Crippen LogP contribution < -0.4 is 0 Å². The van der Waals surface area contributed by atoms with Crippen LogP contribution in [0.4, 0.5) is 4.39 Å². The van der Waals surface area contributed by atoms with Crippen molar-refractivity contribution in [3.8, 4) is 6.07 Å². The Kier molecular flexibility index (Phi) is 5.01. The van der Waals surface area contributed by atoms with Gasteiger partial charge in [0.1, 0.15) is 5.82 Å². The highest BCUT2D eigenvalue weighted by molar-refractivity contribution is 8.03. The van der Waals surface area contributed by atoms with Gasteiger partial charge in [-0.2, -0.15) is 5.26 Å². The molecular formula is C20H22FN3OS. The molecular weight excluding hydrogens is 349 g/mol. The largest absolute Gasteiger partial charge is 0.292 e. The molecule has 1 saturated heterocycles. The van der Waals surface area contributed by atoms with E-state index in [4.69, 9.17) is 0 Å². The third-order valence-corrected chi connectivity index (χ3v) is 6.85. The second-order valence-electron chi connectivity index (χ2n) is 7.26. The Morgan fingerprint density at radius 3 is 2.58 bits per heavy atom. The van der Waals surface area contributed by atoms with Crippen molar-refractivity contribution in [2.75, 3.05) is 12.5 Å². The van der Waals surface area contributed by atoms with E-state index in [1.54, 1.807) is 28.8 Å². The Morgan fingerprint density at radius 2 is 1.88 bits per heavy atom. The second-order valence-corrected chi connectivity index (χ2v) is 8.19. The first-order valence-electron chi connectivity index (χ1n) is 9.24. The van der Waals surface area contributed by atoms with Gasteiger partial charge in [-0.25, -0.2) is 4.39 Å². The smallest absolute Gasteiger partial charge is 0.229 e. The fraction of sp³-hybridized carbons (Fsp3) is 0.500. The van der Waals surface area contributed by atoms with E-state index in [0.29, 0.717) is 18.3 Å². The maximum absolute atomic E-state index is 13.2. The molecule has 0 aromatic heterocycles. The summed E-state index contributed by atoms with van der Waals surface area (Å²) in [4.78, 5) is 17.0. The van der Waals surface area contributed by atoms with Gasteiger partial charge in [0.05, 0.1) is 29.2 Å². The summed E-state index contributed by atoms with van der Waals surface area (Å²) in [7, 11) is 0. The first kappa shape index (κ1) is 17.6. The van der Waals surface area contributed by atoms with Gasteiger partial charge < -0.3 is 0 Å². The third-order valence-electron chi connectivity index (χ3n) is 5.68. The number of amides is 1. The molecule has 136 valence electrons. The molecule has 1 aromatic carbocycles. The summed E-state index contributed by atoms with van der Waals surface area (Å²) in [5.74, 6) is 0.304. The van der Waals surface area contributed by atoms with E-state index in [2.05, 4.69) is 11.0 Å². The summed E-state index contributed by atoms with van der Waals surface area (Å²) in [6, 6.07) is 9.03. The van der Waals surface area contributed by atoms with Crippen LogP contribution in [0.2, 0.25) is 0 Å². The van der Waals surface area contributed by atoms with Crippen LogP contribution in [0, 0.1) is 17.1 Å². The van der Waals surface area contributed by atoms with Crippen molar-refractivity contribution in [2.45, 2.75) is 50.5 Å². The highest BCUT2D eigenvalue weighted by Crippen LogP contribution is 2.43. The number of benzene rings is 1. The molecule has 0 bridgehead atoms. The predicted molar refractivity (Wildman–Crippen MR) is 99.3 cm³/mol. The first-order chi connectivity index (χ1) is 12.7. The fourth-order valence-corrected chi connectivity index (χ4v) is 5.47. The lowest BCUT2D eigenvalue weighted by atomic mass is 9.86. The fourth-order valence-electron chi connectivity index (χ4n) is 4.23. The van der Waals surface area contributed by atoms with Crippen LogP contribution in [-0.2, 0) is 4.79 Å². The lowest BCUT2D eigenvalue weighted by molar-refractivity contribution is -0.132. The number of carbonyl (C=O) groups is 1. The van der Waals surface area contributed by atoms with Crippen molar-refractivity contribution in [1.29, 1.82) is 5.26 Å². The van der Waals surface area contributed by atoms with E-state index in [-0.39, 0.29) is 24.1 Å². The molecule has 2 heterocycles. The molecule has 4 nitrogen and oxygen atoms in total. The number of rotatable bonds is 2. The van der Waals surface area contributed by atoms with Crippen LogP contribution >= 0.6 is 11.8 Å². The van der Waals surface area contributed by atoms with Crippen molar-refractivity contribution in [1.82, 2.24) is 9.80 Å². The van der Waals surface area contributed by atoms with Crippen LogP contribution in [0.25, 0.3) is 0 Å². The zero-order valence-corrected chi connectivity index (χ0v) is 15.5. The van der Waals surface area contributed by atoms with Gasteiger partial charge >= 0.3 is 0 Å². The van der Waals surface area contributed by atoms with E-state index < -0.39 is 0 Å². The van der Waals surface area contributed by atoms with Crippen LogP contribution in [0.3, 0.4) is 0 Å². The van der Waals surface area contributed by atoms with E-state index in [9.17, 15) is 14.4 Å². The van der Waals surface area contributed by atoms with Crippen LogP contribution in [0.1, 0.15) is 50.0 Å². The molecule has 4 rings (SSSR count). The Labute approximate surface area is 157 Å². The topological polar surface area (TPSA) is 47.3 Å². The van der Waals surface area contributed by atoms with E-state index in [1.807, 2.05) is 0 Å². The number of halogens is 1. The number of allylic oxidation sites excluding steroid dienone is 1. The van der Waals surface area contributed by atoms with Crippen LogP contribution in [-0.4, -0.2) is 34.3 Å². The third kappa shape index (κ3) is 3.26. The molecule has 0 N–H and O–H groups in total. The van der Waals surface area contributed by atoms with E-state index >= 15 is 0 Å². The predicted octanol–water partition coefficient (Wildman–Crippen LogP) is 4.17. The maximum atomic E-state index is 13.2. The molecule has 0 spiro atoms. The highest BCUT2D eigenvalue weighted by atomic mass is 32.2. The SMILES string of the molecule is N#CC1=C2SCN(C3CCCCC3)CN2C(=O)C[C@H]1c1ccc(F)cc1. The summed E-state index contributed by atoms with van der Waals surface area (Å²) < 4.78 is 13.2. The summed E-state index contributed by atoms with van der Waals surface area (Å²) in [5.41, 5.74) is 1.48. The zero-order chi connectivity index (χ0) is 18.1. The molecule has 6 heteroatoms. The second kappa shape index (κ2) is 7.42. The summed E-state index contributed by atoms with van der Waals surface area (Å²) in [5, 5.41) is 10.6. The summed E-state index contributed by atoms with van der Waals surface area (Å²) in [6.45, 7) is 0.590. The van der Waals surface area contributed by atoms with Crippen molar-refractivity contribution in [2.24, 2.45) is 0 Å². The number of nitriles is 1. The molecule has 26 heavy (non-hydrogen) atoms. The van der Waals surface area contributed by atoms with Gasteiger partial charge in [-0.15, -0.1) is 0 Å². The average Bonchev–Trinajstić information content (AvgIpc) is 2.69. The number of hydrogen-bond donors (Lipinski definition) is 0. The molecule has 1 aliphatic carbocycles. The molecule has 0 unspecified atom stereocenters. The van der Waals surface area contributed by atoms with Crippen molar-refractivity contribution in [3.63, 3.8) is 0 Å². The standard InChI is InChI=1S/C20H22FN3OS/c21-15-8-6-14(7-9-15)17-10-19(25)24-12-23(16-4-2-1-3-5-16)13-26-20(24)18(17)11-22/h6-9,16-17H,1-5,10,12-13H2/t17-/m0/s1. The minimum atomic E-state index is -0.307. The van der Waals surface area contributed by atoms with Crippen molar-refractivity contribution in [3.05, 3.63) is 46.2 Å². The van der Waals surface area contributed by atoms with Gasteiger partial charge in [-0.1, -0.05) is 43.2 Å². The molecule has 1 amide bonds. The number of hydrogen-bond acceptors (Lipinski definition) is 4. The minimum absolute atomic E-state index is 0.0568. The van der Waals surface area contributed by atoms with Gasteiger partial charge in [-0.3, -0.25) is 14.6 Å².